The average molecular weight is 270 g/mol. The lowest BCUT2D eigenvalue weighted by Gasteiger charge is -2.09. The highest BCUT2D eigenvalue weighted by atomic mass is 79.9. The lowest BCUT2D eigenvalue weighted by Crippen LogP contribution is -2.11. The van der Waals surface area contributed by atoms with Gasteiger partial charge in [0.05, 0.1) is 10.0 Å². The Balaban J connectivity index is 3.35. The first-order valence-electron chi connectivity index (χ1n) is 3.29. The van der Waals surface area contributed by atoms with Crippen molar-refractivity contribution in [3.05, 3.63) is 28.0 Å². The van der Waals surface area contributed by atoms with Crippen molar-refractivity contribution in [3.8, 4) is 0 Å². The molecule has 0 saturated carbocycles. The molecule has 0 aliphatic heterocycles. The van der Waals surface area contributed by atoms with Crippen LogP contribution < -0.4 is 0 Å². The van der Waals surface area contributed by atoms with E-state index in [1.54, 1.807) is 0 Å². The minimum absolute atomic E-state index is 0.556. The minimum atomic E-state index is -4.59. The highest BCUT2D eigenvalue weighted by molar-refractivity contribution is 9.10. The Labute approximate surface area is 84.7 Å². The van der Waals surface area contributed by atoms with Crippen LogP contribution in [-0.2, 0) is 6.18 Å². The molecule has 0 aromatic carbocycles. The Morgan fingerprint density at radius 3 is 2.50 bits per heavy atom. The molecule has 0 bridgehead atoms. The number of aromatic carboxylic acids is 1. The van der Waals surface area contributed by atoms with Crippen LogP contribution in [0.1, 0.15) is 16.1 Å². The standard InChI is InChI=1S/C7H3BrF3NO2/c8-4-3(7(9,10)11)1-2-12-5(4)6(13)14/h1-2H,(H,13,14). The summed E-state index contributed by atoms with van der Waals surface area (Å²) >= 11 is 2.55. The van der Waals surface area contributed by atoms with Gasteiger partial charge in [-0.1, -0.05) is 0 Å². The Kier molecular flexibility index (Phi) is 2.79. The van der Waals surface area contributed by atoms with Crippen molar-refractivity contribution in [1.29, 1.82) is 0 Å². The molecular formula is C7H3BrF3NO2. The number of alkyl halides is 3. The Hall–Kier alpha value is -1.11. The van der Waals surface area contributed by atoms with Gasteiger partial charge in [0.25, 0.3) is 0 Å². The van der Waals surface area contributed by atoms with Crippen molar-refractivity contribution in [2.75, 3.05) is 0 Å². The molecule has 1 N–H and O–H groups in total. The van der Waals surface area contributed by atoms with Crippen molar-refractivity contribution >= 4 is 21.9 Å². The number of carboxylic acid groups (broad SMARTS) is 1. The zero-order valence-electron chi connectivity index (χ0n) is 6.47. The van der Waals surface area contributed by atoms with Gasteiger partial charge >= 0.3 is 12.1 Å². The third kappa shape index (κ3) is 2.03. The Morgan fingerprint density at radius 1 is 1.50 bits per heavy atom. The fourth-order valence-electron chi connectivity index (χ4n) is 0.812. The van der Waals surface area contributed by atoms with Crippen LogP contribution in [0.4, 0.5) is 13.2 Å². The van der Waals surface area contributed by atoms with E-state index in [1.807, 2.05) is 0 Å². The van der Waals surface area contributed by atoms with E-state index in [2.05, 4.69) is 20.9 Å². The first-order valence-corrected chi connectivity index (χ1v) is 4.08. The fourth-order valence-corrected chi connectivity index (χ4v) is 1.44. The van der Waals surface area contributed by atoms with E-state index < -0.39 is 27.9 Å². The molecule has 0 amide bonds. The Morgan fingerprint density at radius 2 is 2.07 bits per heavy atom. The lowest BCUT2D eigenvalue weighted by molar-refractivity contribution is -0.138. The molecule has 0 radical (unpaired) electrons. The highest BCUT2D eigenvalue weighted by Gasteiger charge is 2.34. The van der Waals surface area contributed by atoms with Crippen molar-refractivity contribution in [2.45, 2.75) is 6.18 Å². The largest absolute Gasteiger partial charge is 0.476 e. The molecule has 14 heavy (non-hydrogen) atoms. The van der Waals surface area contributed by atoms with E-state index in [0.717, 1.165) is 6.20 Å². The molecule has 0 fully saturated rings. The summed E-state index contributed by atoms with van der Waals surface area (Å²) in [5.41, 5.74) is -1.70. The third-order valence-electron chi connectivity index (χ3n) is 1.40. The van der Waals surface area contributed by atoms with Crippen LogP contribution in [0.5, 0.6) is 0 Å². The van der Waals surface area contributed by atoms with E-state index in [-0.39, 0.29) is 0 Å². The van der Waals surface area contributed by atoms with Crippen LogP contribution in [-0.4, -0.2) is 16.1 Å². The molecule has 76 valence electrons. The van der Waals surface area contributed by atoms with Gasteiger partial charge < -0.3 is 5.11 Å². The second-order valence-electron chi connectivity index (χ2n) is 2.32. The van der Waals surface area contributed by atoms with Crippen molar-refractivity contribution in [3.63, 3.8) is 0 Å². The molecule has 1 aromatic heterocycles. The number of hydrogen-bond acceptors (Lipinski definition) is 2. The Bertz CT molecular complexity index is 378. The summed E-state index contributed by atoms with van der Waals surface area (Å²) in [6.07, 6.45) is -3.79. The van der Waals surface area contributed by atoms with E-state index in [1.165, 1.54) is 0 Å². The number of rotatable bonds is 1. The van der Waals surface area contributed by atoms with Crippen molar-refractivity contribution in [2.24, 2.45) is 0 Å². The van der Waals surface area contributed by atoms with Gasteiger partial charge in [0, 0.05) is 6.20 Å². The molecule has 0 saturated heterocycles. The van der Waals surface area contributed by atoms with Crippen LogP contribution >= 0.6 is 15.9 Å². The predicted molar refractivity (Wildman–Crippen MR) is 43.9 cm³/mol. The van der Waals surface area contributed by atoms with E-state index in [0.29, 0.717) is 6.07 Å². The fraction of sp³-hybridized carbons (Fsp3) is 0.143. The van der Waals surface area contributed by atoms with Gasteiger partial charge in [0.15, 0.2) is 5.69 Å². The molecule has 1 heterocycles. The first kappa shape index (κ1) is 11.0. The van der Waals surface area contributed by atoms with E-state index in [4.69, 9.17) is 5.11 Å². The summed E-state index contributed by atoms with van der Waals surface area (Å²) in [4.78, 5) is 13.7. The second kappa shape index (κ2) is 3.56. The molecule has 1 aromatic rings. The molecule has 0 atom stereocenters. The maximum atomic E-state index is 12.2. The van der Waals surface area contributed by atoms with Gasteiger partial charge in [-0.3, -0.25) is 0 Å². The summed E-state index contributed by atoms with van der Waals surface area (Å²) in [7, 11) is 0. The molecule has 0 aliphatic rings. The topological polar surface area (TPSA) is 50.2 Å². The average Bonchev–Trinajstić information content (AvgIpc) is 2.01. The lowest BCUT2D eigenvalue weighted by atomic mass is 10.2. The minimum Gasteiger partial charge on any atom is -0.476 e. The smallest absolute Gasteiger partial charge is 0.417 e. The highest BCUT2D eigenvalue weighted by Crippen LogP contribution is 2.35. The van der Waals surface area contributed by atoms with E-state index >= 15 is 0 Å². The quantitative estimate of drug-likeness (QED) is 0.853. The zero-order valence-corrected chi connectivity index (χ0v) is 8.06. The van der Waals surface area contributed by atoms with Gasteiger partial charge in [-0.25, -0.2) is 9.78 Å². The summed E-state index contributed by atoms with van der Waals surface area (Å²) in [5.74, 6) is -1.51. The van der Waals surface area contributed by atoms with Gasteiger partial charge in [-0.15, -0.1) is 0 Å². The van der Waals surface area contributed by atoms with Crippen LogP contribution in [0.25, 0.3) is 0 Å². The van der Waals surface area contributed by atoms with Crippen molar-refractivity contribution < 1.29 is 23.1 Å². The number of aromatic nitrogens is 1. The maximum Gasteiger partial charge on any atom is 0.417 e. The van der Waals surface area contributed by atoms with E-state index in [9.17, 15) is 18.0 Å². The van der Waals surface area contributed by atoms with Crippen LogP contribution in [0.3, 0.4) is 0 Å². The van der Waals surface area contributed by atoms with Crippen LogP contribution in [0.2, 0.25) is 0 Å². The number of hydrogen-bond donors (Lipinski definition) is 1. The summed E-state index contributed by atoms with van der Waals surface area (Å²) < 4.78 is 36.2. The molecule has 0 unspecified atom stereocenters. The van der Waals surface area contributed by atoms with Gasteiger partial charge in [-0.2, -0.15) is 13.2 Å². The molecular weight excluding hydrogens is 267 g/mol. The van der Waals surface area contributed by atoms with Crippen LogP contribution in [0.15, 0.2) is 16.7 Å². The number of pyridine rings is 1. The number of carboxylic acids is 1. The maximum absolute atomic E-state index is 12.2. The third-order valence-corrected chi connectivity index (χ3v) is 2.20. The van der Waals surface area contributed by atoms with Gasteiger partial charge in [-0.05, 0) is 22.0 Å². The van der Waals surface area contributed by atoms with Crippen molar-refractivity contribution in [1.82, 2.24) is 4.98 Å². The molecule has 0 spiro atoms. The normalized spacial score (nSPS) is 11.4. The monoisotopic (exact) mass is 269 g/mol. The first-order chi connectivity index (χ1) is 6.34. The molecule has 3 nitrogen and oxygen atoms in total. The van der Waals surface area contributed by atoms with Gasteiger partial charge in [0.2, 0.25) is 0 Å². The second-order valence-corrected chi connectivity index (χ2v) is 3.12. The number of carbonyl (C=O) groups is 1. The SMILES string of the molecule is O=C(O)c1nccc(C(F)(F)F)c1Br. The number of halogens is 4. The molecule has 7 heteroatoms. The van der Waals surface area contributed by atoms with Crippen LogP contribution in [0, 0.1) is 0 Å². The molecule has 1 rings (SSSR count). The molecule has 0 aliphatic carbocycles. The zero-order chi connectivity index (χ0) is 10.9. The summed E-state index contributed by atoms with van der Waals surface area (Å²) in [5, 5.41) is 8.50. The summed E-state index contributed by atoms with van der Waals surface area (Å²) in [6, 6.07) is 0.705. The summed E-state index contributed by atoms with van der Waals surface area (Å²) in [6.45, 7) is 0. The number of nitrogens with zero attached hydrogens (tertiary/aromatic N) is 1. The van der Waals surface area contributed by atoms with Gasteiger partial charge in [0.1, 0.15) is 0 Å². The predicted octanol–water partition coefficient (Wildman–Crippen LogP) is 2.56.